The van der Waals surface area contributed by atoms with Gasteiger partial charge in [0.1, 0.15) is 17.3 Å². The van der Waals surface area contributed by atoms with Gasteiger partial charge in [0.05, 0.1) is 16.6 Å². The Labute approximate surface area is 173 Å². The summed E-state index contributed by atoms with van der Waals surface area (Å²) in [7, 11) is 0. The van der Waals surface area contributed by atoms with Crippen molar-refractivity contribution in [1.82, 2.24) is 24.9 Å². The van der Waals surface area contributed by atoms with Crippen molar-refractivity contribution in [2.45, 2.75) is 19.8 Å². The molecule has 5 rings (SSSR count). The number of amides is 1. The molecule has 0 unspecified atom stereocenters. The highest BCUT2D eigenvalue weighted by Gasteiger charge is 2.15. The Morgan fingerprint density at radius 1 is 1.07 bits per heavy atom. The van der Waals surface area contributed by atoms with Gasteiger partial charge < -0.3 is 15.2 Å². The molecular weight excluding hydrogens is 378 g/mol. The minimum atomic E-state index is -0.194. The Balaban J connectivity index is 1.34. The lowest BCUT2D eigenvalue weighted by Crippen LogP contribution is -2.19. The van der Waals surface area contributed by atoms with Crippen molar-refractivity contribution in [1.29, 1.82) is 0 Å². The molecule has 30 heavy (non-hydrogen) atoms. The second kappa shape index (κ2) is 7.55. The molecule has 1 saturated heterocycles. The van der Waals surface area contributed by atoms with E-state index in [0.717, 1.165) is 35.6 Å². The van der Waals surface area contributed by atoms with Crippen LogP contribution < -0.4 is 10.2 Å². The van der Waals surface area contributed by atoms with Gasteiger partial charge in [-0.15, -0.1) is 0 Å². The van der Waals surface area contributed by atoms with Gasteiger partial charge >= 0.3 is 0 Å². The summed E-state index contributed by atoms with van der Waals surface area (Å²) in [5.41, 5.74) is 3.57. The first-order valence-electron chi connectivity index (χ1n) is 9.98. The Kier molecular flexibility index (Phi) is 4.59. The van der Waals surface area contributed by atoms with Crippen molar-refractivity contribution in [3.8, 4) is 11.5 Å². The van der Waals surface area contributed by atoms with Crippen LogP contribution in [0.1, 0.15) is 29.0 Å². The average Bonchev–Trinajstić information content (AvgIpc) is 3.44. The summed E-state index contributed by atoms with van der Waals surface area (Å²) >= 11 is 0. The Hall–Kier alpha value is -3.81. The van der Waals surface area contributed by atoms with Crippen LogP contribution in [0.3, 0.4) is 0 Å². The second-order valence-electron chi connectivity index (χ2n) is 7.36. The number of carbonyl (C=O) groups is 1. The molecule has 4 aromatic rings. The predicted molar refractivity (Wildman–Crippen MR) is 115 cm³/mol. The van der Waals surface area contributed by atoms with Gasteiger partial charge in [-0.2, -0.15) is 0 Å². The molecule has 0 aliphatic carbocycles. The van der Waals surface area contributed by atoms with Crippen LogP contribution in [0.15, 0.2) is 48.8 Å². The highest BCUT2D eigenvalue weighted by molar-refractivity contribution is 6.04. The number of aromatic amines is 1. The molecule has 2 N–H and O–H groups in total. The first-order chi connectivity index (χ1) is 14.7. The molecular formula is C22H21N7O. The number of hydrogen-bond donors (Lipinski definition) is 2. The minimum Gasteiger partial charge on any atom is -0.357 e. The molecule has 4 heterocycles. The Morgan fingerprint density at radius 3 is 2.70 bits per heavy atom. The number of fused-ring (bicyclic) bond motifs is 1. The van der Waals surface area contributed by atoms with Crippen LogP contribution in [-0.4, -0.2) is 43.9 Å². The minimum absolute atomic E-state index is 0.194. The number of hydrogen-bond acceptors (Lipinski definition) is 6. The zero-order chi connectivity index (χ0) is 20.5. The van der Waals surface area contributed by atoms with Crippen LogP contribution in [0.5, 0.6) is 0 Å². The Morgan fingerprint density at radius 2 is 1.93 bits per heavy atom. The lowest BCUT2D eigenvalue weighted by Gasteiger charge is -2.16. The fourth-order valence-electron chi connectivity index (χ4n) is 3.65. The van der Waals surface area contributed by atoms with Crippen molar-refractivity contribution in [2.24, 2.45) is 0 Å². The van der Waals surface area contributed by atoms with E-state index in [2.05, 4.69) is 35.1 Å². The molecule has 8 nitrogen and oxygen atoms in total. The number of carbonyl (C=O) groups excluding carboxylic acids is 1. The Bertz CT molecular complexity index is 1210. The molecule has 1 aliphatic heterocycles. The molecule has 1 aliphatic rings. The molecule has 1 fully saturated rings. The SMILES string of the molecule is Cc1nccc(-c2nc3ccc(NC(=O)c4ccc(N5CCCC5)nc4)cc3[nH]2)n1. The molecule has 0 atom stereocenters. The highest BCUT2D eigenvalue weighted by Crippen LogP contribution is 2.23. The summed E-state index contributed by atoms with van der Waals surface area (Å²) in [6.07, 6.45) is 5.73. The number of benzene rings is 1. The van der Waals surface area contributed by atoms with Crippen molar-refractivity contribution >= 4 is 28.4 Å². The van der Waals surface area contributed by atoms with Crippen LogP contribution in [0.4, 0.5) is 11.5 Å². The van der Waals surface area contributed by atoms with E-state index in [9.17, 15) is 4.79 Å². The van der Waals surface area contributed by atoms with Gasteiger partial charge in [0.2, 0.25) is 0 Å². The van der Waals surface area contributed by atoms with Gasteiger partial charge in [-0.05, 0) is 56.2 Å². The van der Waals surface area contributed by atoms with E-state index in [4.69, 9.17) is 0 Å². The maximum Gasteiger partial charge on any atom is 0.257 e. The van der Waals surface area contributed by atoms with E-state index < -0.39 is 0 Å². The number of H-pyrrole nitrogens is 1. The zero-order valence-corrected chi connectivity index (χ0v) is 16.6. The average molecular weight is 399 g/mol. The highest BCUT2D eigenvalue weighted by atomic mass is 16.1. The van der Waals surface area contributed by atoms with Crippen LogP contribution in [-0.2, 0) is 0 Å². The first kappa shape index (κ1) is 18.2. The van der Waals surface area contributed by atoms with Gasteiger partial charge in [0.15, 0.2) is 5.82 Å². The van der Waals surface area contributed by atoms with E-state index in [-0.39, 0.29) is 5.91 Å². The fraction of sp³-hybridized carbons (Fsp3) is 0.227. The summed E-state index contributed by atoms with van der Waals surface area (Å²) in [5.74, 6) is 2.09. The summed E-state index contributed by atoms with van der Waals surface area (Å²) in [6.45, 7) is 3.89. The summed E-state index contributed by atoms with van der Waals surface area (Å²) in [4.78, 5) is 35.7. The third kappa shape index (κ3) is 3.59. The van der Waals surface area contributed by atoms with E-state index in [1.54, 1.807) is 12.4 Å². The van der Waals surface area contributed by atoms with Gasteiger partial charge in [0.25, 0.3) is 5.91 Å². The molecule has 0 bridgehead atoms. The molecule has 1 amide bonds. The van der Waals surface area contributed by atoms with Crippen molar-refractivity contribution in [2.75, 3.05) is 23.3 Å². The molecule has 8 heteroatoms. The molecule has 3 aromatic heterocycles. The lowest BCUT2D eigenvalue weighted by atomic mass is 10.2. The molecule has 1 aromatic carbocycles. The summed E-state index contributed by atoms with van der Waals surface area (Å²) < 4.78 is 0. The van der Waals surface area contributed by atoms with Crippen LogP contribution in [0.25, 0.3) is 22.6 Å². The normalized spacial score (nSPS) is 13.7. The van der Waals surface area contributed by atoms with E-state index in [1.165, 1.54) is 12.8 Å². The van der Waals surface area contributed by atoms with E-state index in [0.29, 0.717) is 22.9 Å². The zero-order valence-electron chi connectivity index (χ0n) is 16.6. The van der Waals surface area contributed by atoms with Crippen LogP contribution in [0.2, 0.25) is 0 Å². The van der Waals surface area contributed by atoms with Crippen molar-refractivity contribution in [3.63, 3.8) is 0 Å². The quantitative estimate of drug-likeness (QED) is 0.544. The predicted octanol–water partition coefficient (Wildman–Crippen LogP) is 3.58. The maximum atomic E-state index is 12.6. The van der Waals surface area contributed by atoms with E-state index >= 15 is 0 Å². The monoisotopic (exact) mass is 399 g/mol. The number of nitrogens with zero attached hydrogens (tertiary/aromatic N) is 5. The van der Waals surface area contributed by atoms with Gasteiger partial charge in [0, 0.05) is 31.2 Å². The van der Waals surface area contributed by atoms with Crippen molar-refractivity contribution in [3.05, 3.63) is 60.2 Å². The topological polar surface area (TPSA) is 99.7 Å². The summed E-state index contributed by atoms with van der Waals surface area (Å²) in [6, 6.07) is 11.1. The third-order valence-corrected chi connectivity index (χ3v) is 5.20. The van der Waals surface area contributed by atoms with Crippen LogP contribution in [0, 0.1) is 6.92 Å². The number of rotatable bonds is 4. The number of imidazole rings is 1. The summed E-state index contributed by atoms with van der Waals surface area (Å²) in [5, 5.41) is 2.93. The number of aromatic nitrogens is 5. The number of anilines is 2. The van der Waals surface area contributed by atoms with Gasteiger partial charge in [-0.1, -0.05) is 0 Å². The van der Waals surface area contributed by atoms with Crippen LogP contribution >= 0.6 is 0 Å². The standard InChI is InChI=1S/C22H21N7O/c1-14-23-9-8-18(25-14)21-27-17-6-5-16(12-19(17)28-21)26-22(30)15-4-7-20(24-13-15)29-10-2-3-11-29/h4-9,12-13H,2-3,10-11H2,1H3,(H,26,30)(H,27,28). The maximum absolute atomic E-state index is 12.6. The lowest BCUT2D eigenvalue weighted by molar-refractivity contribution is 0.102. The number of pyridine rings is 1. The molecule has 150 valence electrons. The van der Waals surface area contributed by atoms with E-state index in [1.807, 2.05) is 43.3 Å². The fourth-order valence-corrected chi connectivity index (χ4v) is 3.65. The number of aryl methyl sites for hydroxylation is 1. The smallest absolute Gasteiger partial charge is 0.257 e. The van der Waals surface area contributed by atoms with Gasteiger partial charge in [-0.3, -0.25) is 4.79 Å². The number of nitrogens with one attached hydrogen (secondary N) is 2. The molecule has 0 saturated carbocycles. The first-order valence-corrected chi connectivity index (χ1v) is 9.98. The third-order valence-electron chi connectivity index (χ3n) is 5.20. The largest absolute Gasteiger partial charge is 0.357 e. The molecule has 0 spiro atoms. The molecule has 0 radical (unpaired) electrons. The second-order valence-corrected chi connectivity index (χ2v) is 7.36. The van der Waals surface area contributed by atoms with Crippen molar-refractivity contribution < 1.29 is 4.79 Å². The van der Waals surface area contributed by atoms with Gasteiger partial charge in [-0.25, -0.2) is 19.9 Å².